The van der Waals surface area contributed by atoms with E-state index in [0.29, 0.717) is 6.42 Å². The van der Waals surface area contributed by atoms with Gasteiger partial charge in [-0.15, -0.1) is 0 Å². The molecule has 0 rings (SSSR count). The van der Waals surface area contributed by atoms with Crippen LogP contribution < -0.4 is 5.32 Å². The minimum Gasteiger partial charge on any atom is -0.480 e. The van der Waals surface area contributed by atoms with E-state index in [1.807, 2.05) is 0 Å². The maximum atomic E-state index is 11.5. The number of hydrogen-bond donors (Lipinski definition) is 3. The van der Waals surface area contributed by atoms with E-state index < -0.39 is 11.9 Å². The topological polar surface area (TPSA) is 107 Å². The Hall–Kier alpha value is -1.63. The summed E-state index contributed by atoms with van der Waals surface area (Å²) in [6, 6.07) is 0. The molecule has 122 valence electrons. The van der Waals surface area contributed by atoms with E-state index >= 15 is 0 Å². The molecule has 0 aromatic rings. The Balaban J connectivity index is 3.78. The van der Waals surface area contributed by atoms with Crippen LogP contribution in [0.15, 0.2) is 0 Å². The SMILES string of the molecule is CCCCCCCC(=O)NCCN(CC(=O)O)CC(=O)O. The van der Waals surface area contributed by atoms with Gasteiger partial charge in [0.25, 0.3) is 0 Å². The molecular formula is C14H26N2O5. The van der Waals surface area contributed by atoms with Crippen molar-refractivity contribution in [1.29, 1.82) is 0 Å². The zero-order valence-electron chi connectivity index (χ0n) is 12.6. The average molecular weight is 302 g/mol. The van der Waals surface area contributed by atoms with Gasteiger partial charge in [0, 0.05) is 19.5 Å². The number of nitrogens with one attached hydrogen (secondary N) is 1. The van der Waals surface area contributed by atoms with Gasteiger partial charge in [-0.3, -0.25) is 19.3 Å². The van der Waals surface area contributed by atoms with E-state index in [1.165, 1.54) is 11.3 Å². The molecule has 3 N–H and O–H groups in total. The number of carbonyl (C=O) groups is 3. The third-order valence-electron chi connectivity index (χ3n) is 2.98. The van der Waals surface area contributed by atoms with Crippen molar-refractivity contribution in [1.82, 2.24) is 10.2 Å². The van der Waals surface area contributed by atoms with Gasteiger partial charge in [0.15, 0.2) is 0 Å². The highest BCUT2D eigenvalue weighted by Gasteiger charge is 2.13. The van der Waals surface area contributed by atoms with Gasteiger partial charge in [-0.05, 0) is 6.42 Å². The predicted octanol–water partition coefficient (Wildman–Crippen LogP) is 0.934. The number of amides is 1. The lowest BCUT2D eigenvalue weighted by Gasteiger charge is -2.17. The fourth-order valence-electron chi connectivity index (χ4n) is 1.93. The number of hydrogen-bond acceptors (Lipinski definition) is 4. The fraction of sp³-hybridized carbons (Fsp3) is 0.786. The highest BCUT2D eigenvalue weighted by atomic mass is 16.4. The highest BCUT2D eigenvalue weighted by Crippen LogP contribution is 2.04. The summed E-state index contributed by atoms with van der Waals surface area (Å²) in [7, 11) is 0. The van der Waals surface area contributed by atoms with Gasteiger partial charge < -0.3 is 15.5 Å². The first kappa shape index (κ1) is 19.4. The van der Waals surface area contributed by atoms with Crippen molar-refractivity contribution in [2.24, 2.45) is 0 Å². The minimum atomic E-state index is -1.08. The monoisotopic (exact) mass is 302 g/mol. The standard InChI is InChI=1S/C14H26N2O5/c1-2-3-4-5-6-7-12(17)15-8-9-16(10-13(18)19)11-14(20)21/h2-11H2,1H3,(H,15,17)(H,18,19)(H,20,21). The second-order valence-corrected chi connectivity index (χ2v) is 5.01. The molecule has 7 heteroatoms. The molecule has 1 amide bonds. The largest absolute Gasteiger partial charge is 0.480 e. The van der Waals surface area contributed by atoms with Crippen LogP contribution in [0.1, 0.15) is 45.4 Å². The van der Waals surface area contributed by atoms with Gasteiger partial charge in [0.05, 0.1) is 13.1 Å². The Morgan fingerprint density at radius 3 is 2.05 bits per heavy atom. The van der Waals surface area contributed by atoms with Gasteiger partial charge >= 0.3 is 11.9 Å². The van der Waals surface area contributed by atoms with E-state index in [0.717, 1.165) is 25.7 Å². The van der Waals surface area contributed by atoms with Crippen LogP contribution in [0, 0.1) is 0 Å². The van der Waals surface area contributed by atoms with Crippen LogP contribution in [0.5, 0.6) is 0 Å². The summed E-state index contributed by atoms with van der Waals surface area (Å²) in [4.78, 5) is 34.0. The van der Waals surface area contributed by atoms with Crippen LogP contribution >= 0.6 is 0 Å². The van der Waals surface area contributed by atoms with E-state index in [4.69, 9.17) is 10.2 Å². The molecule has 0 saturated carbocycles. The Kier molecular flexibility index (Phi) is 11.2. The summed E-state index contributed by atoms with van der Waals surface area (Å²) in [6.07, 6.45) is 5.82. The van der Waals surface area contributed by atoms with Crippen molar-refractivity contribution in [2.75, 3.05) is 26.2 Å². The number of aliphatic carboxylic acids is 2. The maximum Gasteiger partial charge on any atom is 0.317 e. The molecule has 0 radical (unpaired) electrons. The molecule has 7 nitrogen and oxygen atoms in total. The molecule has 0 heterocycles. The number of carboxylic acids is 2. The first-order chi connectivity index (χ1) is 9.95. The molecule has 0 bridgehead atoms. The zero-order chi connectivity index (χ0) is 16.1. The number of carboxylic acid groups (broad SMARTS) is 2. The second kappa shape index (κ2) is 12.1. The smallest absolute Gasteiger partial charge is 0.317 e. The van der Waals surface area contributed by atoms with E-state index in [1.54, 1.807) is 0 Å². The van der Waals surface area contributed by atoms with Gasteiger partial charge in [-0.2, -0.15) is 0 Å². The van der Waals surface area contributed by atoms with Crippen molar-refractivity contribution in [3.8, 4) is 0 Å². The number of rotatable bonds is 13. The van der Waals surface area contributed by atoms with Gasteiger partial charge in [0.2, 0.25) is 5.91 Å². The third-order valence-corrected chi connectivity index (χ3v) is 2.98. The van der Waals surface area contributed by atoms with E-state index in [9.17, 15) is 14.4 Å². The Bertz CT molecular complexity index is 317. The summed E-state index contributed by atoms with van der Waals surface area (Å²) >= 11 is 0. The molecule has 0 aliphatic heterocycles. The first-order valence-electron chi connectivity index (χ1n) is 7.38. The molecule has 0 unspecified atom stereocenters. The lowest BCUT2D eigenvalue weighted by molar-refractivity contribution is -0.141. The van der Waals surface area contributed by atoms with Gasteiger partial charge in [-0.1, -0.05) is 32.6 Å². The molecule has 0 fully saturated rings. The zero-order valence-corrected chi connectivity index (χ0v) is 12.6. The van der Waals surface area contributed by atoms with Crippen LogP contribution in [0.2, 0.25) is 0 Å². The molecule has 0 aliphatic rings. The van der Waals surface area contributed by atoms with Crippen molar-refractivity contribution >= 4 is 17.8 Å². The lowest BCUT2D eigenvalue weighted by Crippen LogP contribution is -2.40. The van der Waals surface area contributed by atoms with Crippen LogP contribution in [0.25, 0.3) is 0 Å². The molecular weight excluding hydrogens is 276 g/mol. The Labute approximate surface area is 125 Å². The van der Waals surface area contributed by atoms with Gasteiger partial charge in [-0.25, -0.2) is 0 Å². The summed E-state index contributed by atoms with van der Waals surface area (Å²) < 4.78 is 0. The summed E-state index contributed by atoms with van der Waals surface area (Å²) in [5, 5.41) is 20.0. The van der Waals surface area contributed by atoms with Crippen LogP contribution in [-0.4, -0.2) is 59.1 Å². The predicted molar refractivity (Wildman–Crippen MR) is 78.1 cm³/mol. The van der Waals surface area contributed by atoms with Crippen LogP contribution in [-0.2, 0) is 14.4 Å². The molecule has 0 atom stereocenters. The molecule has 0 saturated heterocycles. The summed E-state index contributed by atoms with van der Waals surface area (Å²) in [5.74, 6) is -2.24. The third kappa shape index (κ3) is 13.1. The van der Waals surface area contributed by atoms with E-state index in [-0.39, 0.29) is 32.1 Å². The first-order valence-corrected chi connectivity index (χ1v) is 7.38. The normalized spacial score (nSPS) is 10.6. The summed E-state index contributed by atoms with van der Waals surface area (Å²) in [5.41, 5.74) is 0. The minimum absolute atomic E-state index is 0.0721. The maximum absolute atomic E-state index is 11.5. The Morgan fingerprint density at radius 2 is 1.52 bits per heavy atom. The van der Waals surface area contributed by atoms with Crippen molar-refractivity contribution in [2.45, 2.75) is 45.4 Å². The fourth-order valence-corrected chi connectivity index (χ4v) is 1.93. The average Bonchev–Trinajstić information content (AvgIpc) is 2.37. The van der Waals surface area contributed by atoms with E-state index in [2.05, 4.69) is 12.2 Å². The summed E-state index contributed by atoms with van der Waals surface area (Å²) in [6.45, 7) is 1.90. The molecule has 0 aromatic carbocycles. The van der Waals surface area contributed by atoms with Crippen molar-refractivity contribution < 1.29 is 24.6 Å². The van der Waals surface area contributed by atoms with Crippen molar-refractivity contribution in [3.05, 3.63) is 0 Å². The molecule has 21 heavy (non-hydrogen) atoms. The number of carbonyl (C=O) groups excluding carboxylic acids is 1. The molecule has 0 aromatic heterocycles. The van der Waals surface area contributed by atoms with Crippen molar-refractivity contribution in [3.63, 3.8) is 0 Å². The lowest BCUT2D eigenvalue weighted by atomic mass is 10.1. The molecule has 0 spiro atoms. The highest BCUT2D eigenvalue weighted by molar-refractivity contribution is 5.76. The van der Waals surface area contributed by atoms with Crippen LogP contribution in [0.4, 0.5) is 0 Å². The quantitative estimate of drug-likeness (QED) is 0.437. The number of unbranched alkanes of at least 4 members (excludes halogenated alkanes) is 4. The van der Waals surface area contributed by atoms with Gasteiger partial charge in [0.1, 0.15) is 0 Å². The Morgan fingerprint density at radius 1 is 0.952 bits per heavy atom. The van der Waals surface area contributed by atoms with Crippen LogP contribution in [0.3, 0.4) is 0 Å². The molecule has 0 aliphatic carbocycles. The number of nitrogens with zero attached hydrogens (tertiary/aromatic N) is 1. The second-order valence-electron chi connectivity index (χ2n) is 5.01.